The third kappa shape index (κ3) is 3.77. The number of carboxylic acids is 1. The van der Waals surface area contributed by atoms with Crippen molar-refractivity contribution in [3.05, 3.63) is 29.5 Å². The Morgan fingerprint density at radius 1 is 1.39 bits per heavy atom. The normalized spacial score (nSPS) is 11.3. The molecule has 0 radical (unpaired) electrons. The molecule has 0 atom stereocenters. The number of hydrogen-bond donors (Lipinski definition) is 2. The molecule has 0 aliphatic heterocycles. The topological polar surface area (TPSA) is 123 Å². The van der Waals surface area contributed by atoms with Gasteiger partial charge in [0.25, 0.3) is 10.0 Å². The van der Waals surface area contributed by atoms with Crippen LogP contribution < -0.4 is 9.46 Å². The summed E-state index contributed by atoms with van der Waals surface area (Å²) >= 11 is 0. The zero-order valence-electron chi connectivity index (χ0n) is 12.8. The number of nitrogens with one attached hydrogen (secondary N) is 1. The highest BCUT2D eigenvalue weighted by molar-refractivity contribution is 7.92. The van der Waals surface area contributed by atoms with Crippen LogP contribution in [0, 0.1) is 13.8 Å². The SMILES string of the molecule is Cc1ccc(S(=O)(=O)Nc2cn(C)nn2)c(C)c1OCC(=O)O. The lowest BCUT2D eigenvalue weighted by Gasteiger charge is -2.14. The van der Waals surface area contributed by atoms with Gasteiger partial charge in [-0.2, -0.15) is 0 Å². The van der Waals surface area contributed by atoms with E-state index in [9.17, 15) is 13.2 Å². The zero-order chi connectivity index (χ0) is 17.2. The Hall–Kier alpha value is -2.62. The van der Waals surface area contributed by atoms with Gasteiger partial charge in [0.1, 0.15) is 5.75 Å². The molecular formula is C13H16N4O5S. The maximum absolute atomic E-state index is 12.5. The molecule has 0 bridgehead atoms. The number of nitrogens with zero attached hydrogens (tertiary/aromatic N) is 3. The standard InChI is InChI=1S/C13H16N4O5S/c1-8-4-5-10(9(2)13(8)22-7-12(18)19)23(20,21)15-11-6-17(3)16-14-11/h4-6,15H,7H2,1-3H3,(H,18,19). The Morgan fingerprint density at radius 3 is 2.65 bits per heavy atom. The van der Waals surface area contributed by atoms with Crippen molar-refractivity contribution in [2.24, 2.45) is 7.05 Å². The van der Waals surface area contributed by atoms with Crippen LogP contribution in [-0.2, 0) is 21.9 Å². The molecule has 0 fully saturated rings. The highest BCUT2D eigenvalue weighted by Crippen LogP contribution is 2.29. The first-order chi connectivity index (χ1) is 10.7. The summed E-state index contributed by atoms with van der Waals surface area (Å²) in [7, 11) is -2.29. The largest absolute Gasteiger partial charge is 0.481 e. The van der Waals surface area contributed by atoms with Crippen LogP contribution in [0.4, 0.5) is 5.82 Å². The van der Waals surface area contributed by atoms with Gasteiger partial charge in [-0.15, -0.1) is 5.10 Å². The molecular weight excluding hydrogens is 324 g/mol. The van der Waals surface area contributed by atoms with Crippen LogP contribution in [0.1, 0.15) is 11.1 Å². The summed E-state index contributed by atoms with van der Waals surface area (Å²) in [5.41, 5.74) is 0.963. The van der Waals surface area contributed by atoms with Crippen LogP contribution in [0.2, 0.25) is 0 Å². The molecule has 2 aromatic rings. The van der Waals surface area contributed by atoms with Crippen LogP contribution in [-0.4, -0.2) is 41.1 Å². The lowest BCUT2D eigenvalue weighted by molar-refractivity contribution is -0.139. The van der Waals surface area contributed by atoms with Crippen molar-refractivity contribution >= 4 is 21.8 Å². The van der Waals surface area contributed by atoms with Gasteiger partial charge < -0.3 is 9.84 Å². The first kappa shape index (κ1) is 16.7. The Morgan fingerprint density at radius 2 is 2.09 bits per heavy atom. The highest BCUT2D eigenvalue weighted by atomic mass is 32.2. The second kappa shape index (κ2) is 6.24. The first-order valence-electron chi connectivity index (χ1n) is 6.54. The fourth-order valence-corrected chi connectivity index (χ4v) is 3.26. The maximum atomic E-state index is 12.5. The number of aryl methyl sites for hydroxylation is 2. The van der Waals surface area contributed by atoms with Gasteiger partial charge in [-0.3, -0.25) is 9.40 Å². The van der Waals surface area contributed by atoms with Crippen LogP contribution in [0.5, 0.6) is 5.75 Å². The number of benzene rings is 1. The number of carbonyl (C=O) groups is 1. The minimum absolute atomic E-state index is 0.0193. The average Bonchev–Trinajstić information content (AvgIpc) is 2.82. The number of aliphatic carboxylic acids is 1. The summed E-state index contributed by atoms with van der Waals surface area (Å²) in [6.07, 6.45) is 1.42. The number of hydrogen-bond acceptors (Lipinski definition) is 6. The van der Waals surface area contributed by atoms with Crippen molar-refractivity contribution in [3.8, 4) is 5.75 Å². The van der Waals surface area contributed by atoms with Crippen LogP contribution in [0.3, 0.4) is 0 Å². The maximum Gasteiger partial charge on any atom is 0.341 e. The van der Waals surface area contributed by atoms with E-state index in [0.717, 1.165) is 0 Å². The third-order valence-corrected chi connectivity index (χ3v) is 4.52. The minimum atomic E-state index is -3.90. The number of anilines is 1. The van der Waals surface area contributed by atoms with Gasteiger partial charge in [-0.05, 0) is 25.5 Å². The number of aromatic nitrogens is 3. The summed E-state index contributed by atoms with van der Waals surface area (Å²) in [4.78, 5) is 10.6. The minimum Gasteiger partial charge on any atom is -0.481 e. The molecule has 1 heterocycles. The predicted molar refractivity (Wildman–Crippen MR) is 80.9 cm³/mol. The molecule has 0 saturated carbocycles. The van der Waals surface area contributed by atoms with Crippen molar-refractivity contribution in [2.45, 2.75) is 18.7 Å². The number of rotatable bonds is 6. The second-order valence-electron chi connectivity index (χ2n) is 4.90. The fourth-order valence-electron chi connectivity index (χ4n) is 2.04. The molecule has 0 unspecified atom stereocenters. The molecule has 0 spiro atoms. The van der Waals surface area contributed by atoms with Gasteiger partial charge in [-0.1, -0.05) is 11.3 Å². The lowest BCUT2D eigenvalue weighted by atomic mass is 10.1. The molecule has 1 aromatic heterocycles. The fraction of sp³-hybridized carbons (Fsp3) is 0.308. The van der Waals surface area contributed by atoms with Crippen molar-refractivity contribution < 1.29 is 23.1 Å². The summed E-state index contributed by atoms with van der Waals surface area (Å²) in [6, 6.07) is 2.98. The monoisotopic (exact) mass is 340 g/mol. The number of ether oxygens (including phenoxy) is 1. The number of carboxylic acid groups (broad SMARTS) is 1. The van der Waals surface area contributed by atoms with Gasteiger partial charge in [0.05, 0.1) is 11.1 Å². The van der Waals surface area contributed by atoms with Gasteiger partial charge in [0.15, 0.2) is 12.4 Å². The smallest absolute Gasteiger partial charge is 0.341 e. The lowest BCUT2D eigenvalue weighted by Crippen LogP contribution is -2.16. The predicted octanol–water partition coefficient (Wildman–Crippen LogP) is 0.696. The Bertz CT molecular complexity index is 844. The van der Waals surface area contributed by atoms with E-state index >= 15 is 0 Å². The summed E-state index contributed by atoms with van der Waals surface area (Å²) in [6.45, 7) is 2.70. The second-order valence-corrected chi connectivity index (χ2v) is 6.55. The molecule has 0 amide bonds. The summed E-state index contributed by atoms with van der Waals surface area (Å²) in [5, 5.41) is 16.0. The highest BCUT2D eigenvalue weighted by Gasteiger charge is 2.22. The quantitative estimate of drug-likeness (QED) is 0.793. The summed E-state index contributed by atoms with van der Waals surface area (Å²) < 4.78 is 33.8. The zero-order valence-corrected chi connectivity index (χ0v) is 13.6. The Balaban J connectivity index is 2.38. The van der Waals surface area contributed by atoms with Crippen LogP contribution in [0.25, 0.3) is 0 Å². The molecule has 124 valence electrons. The van der Waals surface area contributed by atoms with E-state index in [1.807, 2.05) is 0 Å². The molecule has 1 aromatic carbocycles. The molecule has 0 aliphatic rings. The number of sulfonamides is 1. The Kier molecular flexibility index (Phi) is 4.55. The van der Waals surface area contributed by atoms with Gasteiger partial charge in [0.2, 0.25) is 0 Å². The summed E-state index contributed by atoms with van der Waals surface area (Å²) in [5.74, 6) is -0.829. The van der Waals surface area contributed by atoms with E-state index in [-0.39, 0.29) is 16.5 Å². The molecule has 23 heavy (non-hydrogen) atoms. The average molecular weight is 340 g/mol. The van der Waals surface area contributed by atoms with Gasteiger partial charge in [0, 0.05) is 12.6 Å². The molecule has 2 N–H and O–H groups in total. The van der Waals surface area contributed by atoms with E-state index in [1.165, 1.54) is 16.9 Å². The van der Waals surface area contributed by atoms with E-state index in [0.29, 0.717) is 11.1 Å². The molecule has 0 aliphatic carbocycles. The van der Waals surface area contributed by atoms with Crippen molar-refractivity contribution in [1.82, 2.24) is 15.0 Å². The Labute approximate surface area is 132 Å². The van der Waals surface area contributed by atoms with E-state index in [2.05, 4.69) is 15.0 Å². The first-order valence-corrected chi connectivity index (χ1v) is 8.03. The molecule has 9 nitrogen and oxygen atoms in total. The van der Waals surface area contributed by atoms with Crippen molar-refractivity contribution in [1.29, 1.82) is 0 Å². The van der Waals surface area contributed by atoms with E-state index < -0.39 is 22.6 Å². The van der Waals surface area contributed by atoms with Gasteiger partial charge in [-0.25, -0.2) is 13.2 Å². The van der Waals surface area contributed by atoms with Crippen molar-refractivity contribution in [2.75, 3.05) is 11.3 Å². The molecule has 10 heteroatoms. The van der Waals surface area contributed by atoms with Crippen LogP contribution in [0.15, 0.2) is 23.2 Å². The van der Waals surface area contributed by atoms with E-state index in [1.54, 1.807) is 27.0 Å². The van der Waals surface area contributed by atoms with E-state index in [4.69, 9.17) is 9.84 Å². The van der Waals surface area contributed by atoms with Gasteiger partial charge >= 0.3 is 5.97 Å². The third-order valence-electron chi connectivity index (χ3n) is 3.02. The molecule has 0 saturated heterocycles. The molecule has 2 rings (SSSR count). The van der Waals surface area contributed by atoms with Crippen molar-refractivity contribution in [3.63, 3.8) is 0 Å². The van der Waals surface area contributed by atoms with Crippen LogP contribution >= 0.6 is 0 Å².